The van der Waals surface area contributed by atoms with Gasteiger partial charge in [-0.25, -0.2) is 4.79 Å². The Bertz CT molecular complexity index is 625. The van der Waals surface area contributed by atoms with Crippen molar-refractivity contribution in [2.24, 2.45) is 0 Å². The minimum absolute atomic E-state index is 0.280. The van der Waals surface area contributed by atoms with Gasteiger partial charge in [-0.2, -0.15) is 0 Å². The number of rotatable bonds is 6. The summed E-state index contributed by atoms with van der Waals surface area (Å²) in [6.07, 6.45) is 0.745. The van der Waals surface area contributed by atoms with E-state index in [1.54, 1.807) is 31.4 Å². The Hall–Kier alpha value is -2.04. The van der Waals surface area contributed by atoms with E-state index in [1.165, 1.54) is 0 Å². The highest BCUT2D eigenvalue weighted by atomic mass is 35.5. The van der Waals surface area contributed by atoms with Crippen LogP contribution in [0, 0.1) is 0 Å². The molecule has 4 nitrogen and oxygen atoms in total. The molecule has 1 atom stereocenters. The fourth-order valence-electron chi connectivity index (χ4n) is 2.44. The van der Waals surface area contributed by atoms with E-state index in [2.05, 4.69) is 10.6 Å². The van der Waals surface area contributed by atoms with Crippen molar-refractivity contribution in [3.63, 3.8) is 0 Å². The Morgan fingerprint density at radius 3 is 2.35 bits per heavy atom. The molecule has 0 aliphatic carbocycles. The first kappa shape index (κ1) is 17.3. The smallest absolute Gasteiger partial charge is 0.319 e. The SMILES string of the molecule is CCC(CNC(=O)Nc1ccc(Cl)cc1)(OC)c1ccccc1. The van der Waals surface area contributed by atoms with Crippen LogP contribution < -0.4 is 10.6 Å². The van der Waals surface area contributed by atoms with Crippen LogP contribution in [0.15, 0.2) is 54.6 Å². The van der Waals surface area contributed by atoms with Gasteiger partial charge in [0.1, 0.15) is 5.60 Å². The van der Waals surface area contributed by atoms with E-state index in [9.17, 15) is 4.79 Å². The maximum absolute atomic E-state index is 12.1. The Balaban J connectivity index is 2.01. The van der Waals surface area contributed by atoms with Gasteiger partial charge in [-0.15, -0.1) is 0 Å². The Morgan fingerprint density at radius 2 is 1.78 bits per heavy atom. The molecule has 0 aliphatic rings. The number of nitrogens with one attached hydrogen (secondary N) is 2. The van der Waals surface area contributed by atoms with E-state index in [4.69, 9.17) is 16.3 Å². The van der Waals surface area contributed by atoms with Crippen LogP contribution >= 0.6 is 11.6 Å². The number of methoxy groups -OCH3 is 1. The summed E-state index contributed by atoms with van der Waals surface area (Å²) in [5.41, 5.74) is 1.18. The van der Waals surface area contributed by atoms with Gasteiger partial charge in [0, 0.05) is 17.8 Å². The maximum Gasteiger partial charge on any atom is 0.319 e. The highest BCUT2D eigenvalue weighted by Gasteiger charge is 2.30. The van der Waals surface area contributed by atoms with Gasteiger partial charge in [0.15, 0.2) is 0 Å². The van der Waals surface area contributed by atoms with Crippen LogP contribution in [0.1, 0.15) is 18.9 Å². The Labute approximate surface area is 141 Å². The van der Waals surface area contributed by atoms with Crippen molar-refractivity contribution in [2.45, 2.75) is 18.9 Å². The van der Waals surface area contributed by atoms with Gasteiger partial charge in [-0.3, -0.25) is 0 Å². The first-order chi connectivity index (χ1) is 11.1. The number of amides is 2. The lowest BCUT2D eigenvalue weighted by Gasteiger charge is -2.32. The van der Waals surface area contributed by atoms with E-state index in [0.29, 0.717) is 17.3 Å². The molecule has 0 saturated carbocycles. The monoisotopic (exact) mass is 332 g/mol. The molecule has 0 spiro atoms. The second-order valence-electron chi connectivity index (χ2n) is 5.23. The van der Waals surface area contributed by atoms with Gasteiger partial charge in [-0.1, -0.05) is 48.9 Å². The van der Waals surface area contributed by atoms with Gasteiger partial charge in [0.05, 0.1) is 6.54 Å². The molecule has 5 heteroatoms. The minimum Gasteiger partial charge on any atom is -0.372 e. The van der Waals surface area contributed by atoms with E-state index in [0.717, 1.165) is 12.0 Å². The second kappa shape index (κ2) is 7.99. The predicted molar refractivity (Wildman–Crippen MR) is 93.9 cm³/mol. The second-order valence-corrected chi connectivity index (χ2v) is 5.67. The topological polar surface area (TPSA) is 50.4 Å². The van der Waals surface area contributed by atoms with Gasteiger partial charge in [0.2, 0.25) is 0 Å². The lowest BCUT2D eigenvalue weighted by Crippen LogP contribution is -2.43. The predicted octanol–water partition coefficient (Wildman–Crippen LogP) is 4.41. The molecule has 0 aliphatic heterocycles. The summed E-state index contributed by atoms with van der Waals surface area (Å²) >= 11 is 5.83. The summed E-state index contributed by atoms with van der Waals surface area (Å²) < 4.78 is 5.73. The molecule has 2 aromatic rings. The molecule has 0 saturated heterocycles. The molecule has 2 N–H and O–H groups in total. The molecule has 122 valence electrons. The molecule has 2 rings (SSSR count). The summed E-state index contributed by atoms with van der Waals surface area (Å²) in [6.45, 7) is 2.42. The van der Waals surface area contributed by atoms with Crippen LogP contribution in [0.2, 0.25) is 5.02 Å². The zero-order chi connectivity index (χ0) is 16.7. The lowest BCUT2D eigenvalue weighted by atomic mass is 9.91. The molecule has 0 heterocycles. The Morgan fingerprint density at radius 1 is 1.13 bits per heavy atom. The normalized spacial score (nSPS) is 13.2. The van der Waals surface area contributed by atoms with Crippen LogP contribution in [-0.2, 0) is 10.3 Å². The van der Waals surface area contributed by atoms with E-state index in [-0.39, 0.29) is 6.03 Å². The van der Waals surface area contributed by atoms with E-state index in [1.807, 2.05) is 37.3 Å². The highest BCUT2D eigenvalue weighted by molar-refractivity contribution is 6.30. The highest BCUT2D eigenvalue weighted by Crippen LogP contribution is 2.28. The van der Waals surface area contributed by atoms with Crippen molar-refractivity contribution >= 4 is 23.3 Å². The fourth-order valence-corrected chi connectivity index (χ4v) is 2.56. The molecule has 1 unspecified atom stereocenters. The number of anilines is 1. The Kier molecular flexibility index (Phi) is 6.02. The van der Waals surface area contributed by atoms with Crippen LogP contribution in [0.4, 0.5) is 10.5 Å². The molecule has 0 radical (unpaired) electrons. The number of benzene rings is 2. The largest absolute Gasteiger partial charge is 0.372 e. The van der Waals surface area contributed by atoms with Crippen molar-refractivity contribution in [1.29, 1.82) is 0 Å². The summed E-state index contributed by atoms with van der Waals surface area (Å²) in [4.78, 5) is 12.1. The quantitative estimate of drug-likeness (QED) is 0.823. The average molecular weight is 333 g/mol. The molecular formula is C18H21ClN2O2. The van der Waals surface area contributed by atoms with Crippen molar-refractivity contribution in [3.8, 4) is 0 Å². The summed E-state index contributed by atoms with van der Waals surface area (Å²) in [5.74, 6) is 0. The molecular weight excluding hydrogens is 312 g/mol. The van der Waals surface area contributed by atoms with Crippen LogP contribution in [0.5, 0.6) is 0 Å². The number of hydrogen-bond acceptors (Lipinski definition) is 2. The van der Waals surface area contributed by atoms with Crippen LogP contribution in [0.25, 0.3) is 0 Å². The number of halogens is 1. The zero-order valence-corrected chi connectivity index (χ0v) is 14.1. The molecule has 2 amide bonds. The van der Waals surface area contributed by atoms with E-state index >= 15 is 0 Å². The number of hydrogen-bond donors (Lipinski definition) is 2. The first-order valence-electron chi connectivity index (χ1n) is 7.51. The summed E-state index contributed by atoms with van der Waals surface area (Å²) in [7, 11) is 1.66. The number of ether oxygens (including phenoxy) is 1. The standard InChI is InChI=1S/C18H21ClN2O2/c1-3-18(23-2,14-7-5-4-6-8-14)13-20-17(22)21-16-11-9-15(19)10-12-16/h4-12H,3,13H2,1-2H3,(H2,20,21,22). The van der Waals surface area contributed by atoms with Gasteiger partial charge >= 0.3 is 6.03 Å². The van der Waals surface area contributed by atoms with Crippen LogP contribution in [0.3, 0.4) is 0 Å². The molecule has 0 fully saturated rings. The van der Waals surface area contributed by atoms with Crippen molar-refractivity contribution < 1.29 is 9.53 Å². The third-order valence-electron chi connectivity index (χ3n) is 3.90. The average Bonchev–Trinajstić information content (AvgIpc) is 2.59. The van der Waals surface area contributed by atoms with Gasteiger partial charge in [-0.05, 0) is 36.2 Å². The van der Waals surface area contributed by atoms with Gasteiger partial charge in [0.25, 0.3) is 0 Å². The summed E-state index contributed by atoms with van der Waals surface area (Å²) in [5, 5.41) is 6.29. The number of carbonyl (C=O) groups is 1. The van der Waals surface area contributed by atoms with Gasteiger partial charge < -0.3 is 15.4 Å². The van der Waals surface area contributed by atoms with Crippen molar-refractivity contribution in [1.82, 2.24) is 5.32 Å². The molecule has 0 bridgehead atoms. The number of carbonyl (C=O) groups excluding carboxylic acids is 1. The third-order valence-corrected chi connectivity index (χ3v) is 4.15. The molecule has 2 aromatic carbocycles. The molecule has 23 heavy (non-hydrogen) atoms. The minimum atomic E-state index is -0.543. The fraction of sp³-hybridized carbons (Fsp3) is 0.278. The first-order valence-corrected chi connectivity index (χ1v) is 7.88. The lowest BCUT2D eigenvalue weighted by molar-refractivity contribution is -0.0149. The summed E-state index contributed by atoms with van der Waals surface area (Å²) in [6, 6.07) is 16.6. The third kappa shape index (κ3) is 4.47. The van der Waals surface area contributed by atoms with E-state index < -0.39 is 5.60 Å². The van der Waals surface area contributed by atoms with Crippen LogP contribution in [-0.4, -0.2) is 19.7 Å². The van der Waals surface area contributed by atoms with Crippen molar-refractivity contribution in [3.05, 3.63) is 65.2 Å². The van der Waals surface area contributed by atoms with Crippen molar-refractivity contribution in [2.75, 3.05) is 19.0 Å². The zero-order valence-electron chi connectivity index (χ0n) is 13.3. The molecule has 0 aromatic heterocycles. The maximum atomic E-state index is 12.1. The number of urea groups is 1.